The molecule has 0 aliphatic rings. The summed E-state index contributed by atoms with van der Waals surface area (Å²) < 4.78 is 17.0. The minimum atomic E-state index is -0.465. The summed E-state index contributed by atoms with van der Waals surface area (Å²) in [5.41, 5.74) is 3.98. The summed E-state index contributed by atoms with van der Waals surface area (Å²) >= 11 is 1.12. The van der Waals surface area contributed by atoms with Gasteiger partial charge in [-0.2, -0.15) is 5.10 Å². The molecule has 4 aromatic rings. The molecular formula is C27H24N4O6S. The van der Waals surface area contributed by atoms with Crippen LogP contribution < -0.4 is 25.2 Å². The molecule has 0 aliphatic heterocycles. The summed E-state index contributed by atoms with van der Waals surface area (Å²) in [6.45, 7) is 1.30. The van der Waals surface area contributed by atoms with Crippen LogP contribution in [0.1, 0.15) is 12.5 Å². The lowest BCUT2D eigenvalue weighted by Crippen LogP contribution is -2.24. The van der Waals surface area contributed by atoms with E-state index in [4.69, 9.17) is 14.2 Å². The van der Waals surface area contributed by atoms with Crippen LogP contribution in [0, 0.1) is 0 Å². The van der Waals surface area contributed by atoms with Gasteiger partial charge in [-0.25, -0.2) is 10.4 Å². The Hall–Kier alpha value is -4.64. The number of hydrazone groups is 1. The van der Waals surface area contributed by atoms with Gasteiger partial charge in [0.15, 0.2) is 16.7 Å². The first kappa shape index (κ1) is 26.4. The van der Waals surface area contributed by atoms with E-state index in [1.807, 2.05) is 0 Å². The van der Waals surface area contributed by atoms with E-state index >= 15 is 0 Å². The maximum atomic E-state index is 13.3. The van der Waals surface area contributed by atoms with E-state index in [1.54, 1.807) is 73.8 Å². The highest BCUT2D eigenvalue weighted by molar-refractivity contribution is 7.99. The molecule has 0 bridgehead atoms. The van der Waals surface area contributed by atoms with Gasteiger partial charge in [-0.3, -0.25) is 19.0 Å². The van der Waals surface area contributed by atoms with Crippen molar-refractivity contribution in [1.29, 1.82) is 0 Å². The summed E-state index contributed by atoms with van der Waals surface area (Å²) in [7, 11) is 3.02. The van der Waals surface area contributed by atoms with E-state index in [9.17, 15) is 14.4 Å². The zero-order valence-electron chi connectivity index (χ0n) is 20.8. The van der Waals surface area contributed by atoms with E-state index in [2.05, 4.69) is 15.5 Å². The quantitative estimate of drug-likeness (QED) is 0.0867. The Morgan fingerprint density at radius 1 is 1.03 bits per heavy atom. The van der Waals surface area contributed by atoms with Crippen molar-refractivity contribution in [3.63, 3.8) is 0 Å². The molecule has 0 atom stereocenters. The van der Waals surface area contributed by atoms with Crippen molar-refractivity contribution in [1.82, 2.24) is 15.0 Å². The van der Waals surface area contributed by atoms with Crippen LogP contribution in [0.5, 0.6) is 17.2 Å². The van der Waals surface area contributed by atoms with Gasteiger partial charge >= 0.3 is 5.97 Å². The first-order chi connectivity index (χ1) is 18.4. The minimum Gasteiger partial charge on any atom is -0.497 e. The van der Waals surface area contributed by atoms with E-state index in [0.29, 0.717) is 38.8 Å². The number of ether oxygens (including phenoxy) is 3. The predicted octanol–water partition coefficient (Wildman–Crippen LogP) is 3.57. The highest BCUT2D eigenvalue weighted by Crippen LogP contribution is 2.27. The van der Waals surface area contributed by atoms with Crippen LogP contribution in [0.25, 0.3) is 16.6 Å². The van der Waals surface area contributed by atoms with E-state index < -0.39 is 11.9 Å². The fraction of sp³-hybridized carbons (Fsp3) is 0.148. The van der Waals surface area contributed by atoms with Gasteiger partial charge in [-0.15, -0.1) is 0 Å². The average molecular weight is 533 g/mol. The van der Waals surface area contributed by atoms with Gasteiger partial charge in [0.2, 0.25) is 0 Å². The lowest BCUT2D eigenvalue weighted by Gasteiger charge is -2.13. The number of amides is 1. The summed E-state index contributed by atoms with van der Waals surface area (Å²) in [6.07, 6.45) is 1.43. The number of thioether (sulfide) groups is 1. The second-order valence-corrected chi connectivity index (χ2v) is 8.78. The molecule has 0 unspecified atom stereocenters. The number of esters is 1. The highest BCUT2D eigenvalue weighted by Gasteiger charge is 2.15. The summed E-state index contributed by atoms with van der Waals surface area (Å²) in [5, 5.41) is 4.82. The molecular weight excluding hydrogens is 508 g/mol. The number of carbonyl (C=O) groups is 2. The topological polar surface area (TPSA) is 121 Å². The molecule has 1 N–H and O–H groups in total. The fourth-order valence-electron chi connectivity index (χ4n) is 3.51. The van der Waals surface area contributed by atoms with Crippen molar-refractivity contribution >= 4 is 40.8 Å². The lowest BCUT2D eigenvalue weighted by molar-refractivity contribution is -0.132. The van der Waals surface area contributed by atoms with Crippen LogP contribution in [0.15, 0.2) is 81.8 Å². The zero-order chi connectivity index (χ0) is 27.1. The number of methoxy groups -OCH3 is 2. The molecule has 0 fully saturated rings. The lowest BCUT2D eigenvalue weighted by atomic mass is 10.2. The molecule has 0 spiro atoms. The standard InChI is InChI=1S/C27H24N4O6S/c1-17(32)37-23-13-8-18(14-24(23)36-3)15-28-30-25(33)16-38-27-29-22-7-5-4-6-21(22)26(34)31(27)19-9-11-20(35-2)12-10-19/h4-15H,16H2,1-3H3,(H,30,33). The third-order valence-corrected chi connectivity index (χ3v) is 6.19. The molecule has 194 valence electrons. The highest BCUT2D eigenvalue weighted by atomic mass is 32.2. The van der Waals surface area contributed by atoms with Crippen LogP contribution in [0.2, 0.25) is 0 Å². The van der Waals surface area contributed by atoms with E-state index in [-0.39, 0.29) is 17.1 Å². The summed E-state index contributed by atoms with van der Waals surface area (Å²) in [4.78, 5) is 41.7. The number of carbonyl (C=O) groups excluding carboxylic acids is 2. The maximum absolute atomic E-state index is 13.3. The minimum absolute atomic E-state index is 0.0347. The molecule has 0 radical (unpaired) electrons. The fourth-order valence-corrected chi connectivity index (χ4v) is 4.32. The summed E-state index contributed by atoms with van der Waals surface area (Å²) in [6, 6.07) is 18.9. The zero-order valence-corrected chi connectivity index (χ0v) is 21.7. The van der Waals surface area contributed by atoms with Crippen LogP contribution in [0.3, 0.4) is 0 Å². The molecule has 0 aliphatic carbocycles. The van der Waals surface area contributed by atoms with Crippen LogP contribution in [-0.4, -0.2) is 47.6 Å². The largest absolute Gasteiger partial charge is 0.497 e. The molecule has 1 aromatic heterocycles. The molecule has 0 saturated carbocycles. The van der Waals surface area contributed by atoms with Gasteiger partial charge in [0.1, 0.15) is 5.75 Å². The number of para-hydroxylation sites is 1. The van der Waals surface area contributed by atoms with Crippen molar-refractivity contribution in [2.24, 2.45) is 5.10 Å². The normalized spacial score (nSPS) is 10.9. The number of fused-ring (bicyclic) bond motifs is 1. The van der Waals surface area contributed by atoms with Gasteiger partial charge in [0, 0.05) is 6.92 Å². The number of benzene rings is 3. The number of hydrogen-bond acceptors (Lipinski definition) is 9. The summed E-state index contributed by atoms with van der Waals surface area (Å²) in [5.74, 6) is 0.396. The van der Waals surface area contributed by atoms with Gasteiger partial charge in [-0.1, -0.05) is 23.9 Å². The third-order valence-electron chi connectivity index (χ3n) is 5.25. The number of rotatable bonds is 9. The van der Waals surface area contributed by atoms with Crippen molar-refractivity contribution < 1.29 is 23.8 Å². The molecule has 0 saturated heterocycles. The predicted molar refractivity (Wildman–Crippen MR) is 145 cm³/mol. The number of hydrogen-bond donors (Lipinski definition) is 1. The Morgan fingerprint density at radius 3 is 2.50 bits per heavy atom. The van der Waals surface area contributed by atoms with Crippen molar-refractivity contribution in [2.45, 2.75) is 12.1 Å². The van der Waals surface area contributed by atoms with Crippen molar-refractivity contribution in [3.8, 4) is 22.9 Å². The Morgan fingerprint density at radius 2 is 1.79 bits per heavy atom. The maximum Gasteiger partial charge on any atom is 0.308 e. The third kappa shape index (κ3) is 6.19. The Bertz CT molecular complexity index is 1570. The first-order valence-electron chi connectivity index (χ1n) is 11.4. The van der Waals surface area contributed by atoms with Crippen molar-refractivity contribution in [2.75, 3.05) is 20.0 Å². The Kier molecular flexibility index (Phi) is 8.39. The monoisotopic (exact) mass is 532 g/mol. The molecule has 1 heterocycles. The van der Waals surface area contributed by atoms with E-state index in [0.717, 1.165) is 11.8 Å². The molecule has 11 heteroatoms. The van der Waals surface area contributed by atoms with Crippen LogP contribution in [0.4, 0.5) is 0 Å². The molecule has 38 heavy (non-hydrogen) atoms. The number of nitrogens with zero attached hydrogens (tertiary/aromatic N) is 3. The SMILES string of the molecule is COc1ccc(-n2c(SCC(=O)NN=Cc3ccc(OC(C)=O)c(OC)c3)nc3ccccc3c2=O)cc1. The molecule has 1 amide bonds. The Balaban J connectivity index is 1.50. The Labute approximate surface area is 222 Å². The molecule has 3 aromatic carbocycles. The second-order valence-electron chi connectivity index (χ2n) is 7.84. The van der Waals surface area contributed by atoms with Gasteiger partial charge < -0.3 is 14.2 Å². The average Bonchev–Trinajstić information content (AvgIpc) is 2.92. The molecule has 10 nitrogen and oxygen atoms in total. The number of nitrogens with one attached hydrogen (secondary N) is 1. The van der Waals surface area contributed by atoms with E-state index in [1.165, 1.54) is 24.8 Å². The van der Waals surface area contributed by atoms with Crippen LogP contribution in [-0.2, 0) is 9.59 Å². The number of aromatic nitrogens is 2. The van der Waals surface area contributed by atoms with Gasteiger partial charge in [-0.05, 0) is 60.2 Å². The van der Waals surface area contributed by atoms with Crippen LogP contribution >= 0.6 is 11.8 Å². The second kappa shape index (κ2) is 12.1. The first-order valence-corrected chi connectivity index (χ1v) is 12.4. The van der Waals surface area contributed by atoms with Gasteiger partial charge in [0.05, 0.1) is 42.8 Å². The van der Waals surface area contributed by atoms with Crippen molar-refractivity contribution in [3.05, 3.63) is 82.6 Å². The van der Waals surface area contributed by atoms with Gasteiger partial charge in [0.25, 0.3) is 11.5 Å². The smallest absolute Gasteiger partial charge is 0.308 e. The molecule has 4 rings (SSSR count).